The van der Waals surface area contributed by atoms with Gasteiger partial charge in [-0.25, -0.2) is 0 Å². The summed E-state index contributed by atoms with van der Waals surface area (Å²) in [6.45, 7) is 0. The number of rotatable bonds is 3. The minimum Gasteiger partial charge on any atom is -0.455 e. The quantitative estimate of drug-likeness (QED) is 0.698. The lowest BCUT2D eigenvalue weighted by atomic mass is 10.2. The molecule has 0 spiro atoms. The van der Waals surface area contributed by atoms with Gasteiger partial charge in [0.2, 0.25) is 5.91 Å². The van der Waals surface area contributed by atoms with Gasteiger partial charge in [-0.05, 0) is 36.4 Å². The first-order chi connectivity index (χ1) is 10.2. The Labute approximate surface area is 130 Å². The Kier molecular flexibility index (Phi) is 4.08. The van der Waals surface area contributed by atoms with Crippen LogP contribution in [0.2, 0.25) is 5.02 Å². The van der Waals surface area contributed by atoms with Crippen molar-refractivity contribution < 1.29 is 9.21 Å². The third-order valence-corrected chi connectivity index (χ3v) is 3.79. The molecule has 1 aliphatic heterocycles. The van der Waals surface area contributed by atoms with Crippen molar-refractivity contribution >= 4 is 40.7 Å². The van der Waals surface area contributed by atoms with Gasteiger partial charge in [0.25, 0.3) is 0 Å². The van der Waals surface area contributed by atoms with E-state index >= 15 is 0 Å². The van der Waals surface area contributed by atoms with E-state index < -0.39 is 0 Å². The van der Waals surface area contributed by atoms with Gasteiger partial charge in [0.15, 0.2) is 5.17 Å². The molecule has 1 N–H and O–H groups in total. The number of hydrogen-bond donors (Lipinski definition) is 1. The summed E-state index contributed by atoms with van der Waals surface area (Å²) in [4.78, 5) is 11.0. The predicted octanol–water partition coefficient (Wildman–Crippen LogP) is 3.15. The zero-order chi connectivity index (χ0) is 14.7. The van der Waals surface area contributed by atoms with E-state index in [1.807, 2.05) is 18.2 Å². The third kappa shape index (κ3) is 3.53. The highest BCUT2D eigenvalue weighted by Gasteiger charge is 2.15. The number of amides is 1. The van der Waals surface area contributed by atoms with Crippen LogP contribution in [0.1, 0.15) is 5.76 Å². The van der Waals surface area contributed by atoms with Crippen LogP contribution in [0.5, 0.6) is 0 Å². The minimum absolute atomic E-state index is 0.0584. The fraction of sp³-hybridized carbons (Fsp3) is 0.0714. The highest BCUT2D eigenvalue weighted by atomic mass is 35.5. The lowest BCUT2D eigenvalue weighted by molar-refractivity contribution is -0.116. The van der Waals surface area contributed by atoms with Crippen molar-refractivity contribution in [1.29, 1.82) is 0 Å². The number of hydrogen-bond acceptors (Lipinski definition) is 5. The molecule has 106 valence electrons. The summed E-state index contributed by atoms with van der Waals surface area (Å²) in [6, 6.07) is 11.0. The van der Waals surface area contributed by atoms with Crippen LogP contribution in [-0.2, 0) is 4.79 Å². The predicted molar refractivity (Wildman–Crippen MR) is 84.8 cm³/mol. The molecule has 2 heterocycles. The topological polar surface area (TPSA) is 67.0 Å². The molecule has 7 heteroatoms. The minimum atomic E-state index is -0.0584. The number of nitrogens with one attached hydrogen (secondary N) is 1. The zero-order valence-corrected chi connectivity index (χ0v) is 12.3. The second-order valence-corrected chi connectivity index (χ2v) is 5.60. The molecule has 1 saturated heterocycles. The lowest BCUT2D eigenvalue weighted by Crippen LogP contribution is -2.19. The molecule has 1 aromatic heterocycles. The first-order valence-corrected chi connectivity index (χ1v) is 7.46. The number of amidine groups is 1. The van der Waals surface area contributed by atoms with Crippen LogP contribution in [0.4, 0.5) is 0 Å². The first-order valence-electron chi connectivity index (χ1n) is 6.10. The molecular weight excluding hydrogens is 310 g/mol. The summed E-state index contributed by atoms with van der Waals surface area (Å²) in [7, 11) is 0. The molecule has 0 atom stereocenters. The largest absolute Gasteiger partial charge is 0.455 e. The molecule has 0 bridgehead atoms. The Morgan fingerprint density at radius 2 is 2.05 bits per heavy atom. The number of thioether (sulfide) groups is 1. The molecule has 21 heavy (non-hydrogen) atoms. The summed E-state index contributed by atoms with van der Waals surface area (Å²) in [5.74, 6) is 1.63. The van der Waals surface area contributed by atoms with Crippen molar-refractivity contribution in [2.45, 2.75) is 0 Å². The summed E-state index contributed by atoms with van der Waals surface area (Å²) in [6.07, 6.45) is 1.50. The second kappa shape index (κ2) is 6.15. The third-order valence-electron chi connectivity index (χ3n) is 2.68. The zero-order valence-electron chi connectivity index (χ0n) is 10.7. The standard InChI is InChI=1S/C14H10ClN3O2S/c15-10-3-1-9(2-4-10)12-6-5-11(20-12)7-16-18-14-17-13(19)8-21-14/h1-7H,8H2,(H,17,18,19)/b16-7-. The van der Waals surface area contributed by atoms with Crippen LogP contribution in [0.25, 0.3) is 11.3 Å². The van der Waals surface area contributed by atoms with Crippen LogP contribution < -0.4 is 5.32 Å². The Bertz CT molecular complexity index is 722. The van der Waals surface area contributed by atoms with E-state index in [1.165, 1.54) is 18.0 Å². The molecular formula is C14H10ClN3O2S. The van der Waals surface area contributed by atoms with Gasteiger partial charge >= 0.3 is 0 Å². The Morgan fingerprint density at radius 3 is 2.76 bits per heavy atom. The number of halogens is 1. The first kappa shape index (κ1) is 13.9. The number of carbonyl (C=O) groups is 1. The molecule has 1 aromatic carbocycles. The van der Waals surface area contributed by atoms with Crippen molar-refractivity contribution in [3.8, 4) is 11.3 Å². The van der Waals surface area contributed by atoms with Gasteiger partial charge in [0.05, 0.1) is 12.0 Å². The molecule has 1 fully saturated rings. The van der Waals surface area contributed by atoms with Crippen molar-refractivity contribution in [2.24, 2.45) is 10.2 Å². The number of furan rings is 1. The number of benzene rings is 1. The van der Waals surface area contributed by atoms with Gasteiger partial charge in [-0.3, -0.25) is 4.79 Å². The lowest BCUT2D eigenvalue weighted by Gasteiger charge is -1.96. The summed E-state index contributed by atoms with van der Waals surface area (Å²) < 4.78 is 5.64. The van der Waals surface area contributed by atoms with E-state index in [9.17, 15) is 4.79 Å². The highest BCUT2D eigenvalue weighted by Crippen LogP contribution is 2.23. The van der Waals surface area contributed by atoms with Crippen molar-refractivity contribution in [3.05, 3.63) is 47.2 Å². The van der Waals surface area contributed by atoms with Crippen LogP contribution in [0, 0.1) is 0 Å². The average Bonchev–Trinajstić information content (AvgIpc) is 3.09. The molecule has 1 aliphatic rings. The van der Waals surface area contributed by atoms with Crippen LogP contribution in [0.15, 0.2) is 51.0 Å². The maximum absolute atomic E-state index is 11.0. The van der Waals surface area contributed by atoms with Crippen molar-refractivity contribution in [3.63, 3.8) is 0 Å². The molecule has 0 unspecified atom stereocenters. The SMILES string of the molecule is O=C1CS/C(=N\N=C/c2ccc(-c3ccc(Cl)cc3)o2)N1. The Morgan fingerprint density at radius 1 is 1.24 bits per heavy atom. The fourth-order valence-electron chi connectivity index (χ4n) is 1.71. The normalized spacial score (nSPS) is 16.8. The molecule has 2 aromatic rings. The van der Waals surface area contributed by atoms with E-state index in [0.29, 0.717) is 21.7 Å². The van der Waals surface area contributed by atoms with E-state index in [4.69, 9.17) is 16.0 Å². The van der Waals surface area contributed by atoms with Crippen LogP contribution in [0.3, 0.4) is 0 Å². The highest BCUT2D eigenvalue weighted by molar-refractivity contribution is 8.15. The van der Waals surface area contributed by atoms with Gasteiger partial charge in [0, 0.05) is 10.6 Å². The van der Waals surface area contributed by atoms with E-state index in [1.54, 1.807) is 18.2 Å². The maximum Gasteiger partial charge on any atom is 0.236 e. The Hall–Kier alpha value is -2.05. The van der Waals surface area contributed by atoms with Gasteiger partial charge in [-0.15, -0.1) is 5.10 Å². The van der Waals surface area contributed by atoms with Gasteiger partial charge in [0.1, 0.15) is 11.5 Å². The van der Waals surface area contributed by atoms with Crippen molar-refractivity contribution in [2.75, 3.05) is 5.75 Å². The van der Waals surface area contributed by atoms with Crippen molar-refractivity contribution in [1.82, 2.24) is 5.32 Å². The molecule has 0 saturated carbocycles. The smallest absolute Gasteiger partial charge is 0.236 e. The summed E-state index contributed by atoms with van der Waals surface area (Å²) in [5, 5.41) is 11.6. The van der Waals surface area contributed by atoms with Gasteiger partial charge in [-0.2, -0.15) is 5.10 Å². The summed E-state index contributed by atoms with van der Waals surface area (Å²) >= 11 is 7.17. The number of nitrogens with zero attached hydrogens (tertiary/aromatic N) is 2. The molecule has 1 amide bonds. The van der Waals surface area contributed by atoms with Crippen LogP contribution >= 0.6 is 23.4 Å². The van der Waals surface area contributed by atoms with Crippen LogP contribution in [-0.4, -0.2) is 23.0 Å². The number of carbonyl (C=O) groups excluding carboxylic acids is 1. The maximum atomic E-state index is 11.0. The molecule has 0 aliphatic carbocycles. The van der Waals surface area contributed by atoms with E-state index in [0.717, 1.165) is 11.3 Å². The summed E-state index contributed by atoms with van der Waals surface area (Å²) in [5.41, 5.74) is 0.934. The monoisotopic (exact) mass is 319 g/mol. The molecule has 0 radical (unpaired) electrons. The van der Waals surface area contributed by atoms with E-state index in [-0.39, 0.29) is 5.91 Å². The molecule has 5 nitrogen and oxygen atoms in total. The fourth-order valence-corrected chi connectivity index (χ4v) is 2.47. The van der Waals surface area contributed by atoms with Gasteiger partial charge < -0.3 is 9.73 Å². The second-order valence-electron chi connectivity index (χ2n) is 4.20. The average molecular weight is 320 g/mol. The van der Waals surface area contributed by atoms with E-state index in [2.05, 4.69) is 15.5 Å². The Balaban J connectivity index is 1.70. The molecule has 3 rings (SSSR count). The van der Waals surface area contributed by atoms with Gasteiger partial charge in [-0.1, -0.05) is 23.4 Å².